The number of anilines is 1. The summed E-state index contributed by atoms with van der Waals surface area (Å²) >= 11 is 0. The van der Waals surface area contributed by atoms with Gasteiger partial charge in [0.15, 0.2) is 0 Å². The number of nitriles is 1. The molecule has 3 heterocycles. The van der Waals surface area contributed by atoms with Gasteiger partial charge in [-0.2, -0.15) is 5.26 Å². The lowest BCUT2D eigenvalue weighted by Gasteiger charge is -2.46. The van der Waals surface area contributed by atoms with Crippen LogP contribution in [-0.4, -0.2) is 50.9 Å². The lowest BCUT2D eigenvalue weighted by Crippen LogP contribution is -2.60. The molecule has 0 unspecified atom stereocenters. The van der Waals surface area contributed by atoms with Crippen molar-refractivity contribution in [1.82, 2.24) is 19.9 Å². The van der Waals surface area contributed by atoms with Gasteiger partial charge in [0.25, 0.3) is 0 Å². The second kappa shape index (κ2) is 8.19. The van der Waals surface area contributed by atoms with E-state index in [0.717, 1.165) is 22.3 Å². The second-order valence-corrected chi connectivity index (χ2v) is 9.50. The van der Waals surface area contributed by atoms with Crippen molar-refractivity contribution in [1.29, 1.82) is 5.26 Å². The number of fused-ring (bicyclic) bond motifs is 1. The minimum absolute atomic E-state index is 0.0695. The molecule has 32 heavy (non-hydrogen) atoms. The number of carbonyl (C=O) groups is 1. The van der Waals surface area contributed by atoms with Crippen LogP contribution in [-0.2, 0) is 4.79 Å². The number of carbonyl (C=O) groups excluding carboxylic acids is 1. The van der Waals surface area contributed by atoms with Crippen LogP contribution in [0.25, 0.3) is 22.2 Å². The molecule has 0 bridgehead atoms. The van der Waals surface area contributed by atoms with E-state index in [0.29, 0.717) is 24.3 Å². The smallest absolute Gasteiger partial charge is 0.228 e. The molecule has 1 aliphatic heterocycles. The Kier molecular flexibility index (Phi) is 5.55. The van der Waals surface area contributed by atoms with Crippen molar-refractivity contribution < 1.29 is 4.79 Å². The van der Waals surface area contributed by atoms with Gasteiger partial charge in [-0.25, -0.2) is 9.97 Å². The van der Waals surface area contributed by atoms with Crippen molar-refractivity contribution >= 4 is 22.6 Å². The Morgan fingerprint density at radius 2 is 1.88 bits per heavy atom. The van der Waals surface area contributed by atoms with Crippen LogP contribution in [0.3, 0.4) is 0 Å². The van der Waals surface area contributed by atoms with Crippen LogP contribution in [0.5, 0.6) is 0 Å². The summed E-state index contributed by atoms with van der Waals surface area (Å²) in [6.45, 7) is 11.5. The van der Waals surface area contributed by atoms with Crippen LogP contribution >= 0.6 is 0 Å². The molecule has 0 aliphatic carbocycles. The fourth-order valence-electron chi connectivity index (χ4n) is 4.29. The summed E-state index contributed by atoms with van der Waals surface area (Å²) in [5.41, 5.74) is 2.53. The molecule has 1 aliphatic rings. The third-order valence-electron chi connectivity index (χ3n) is 5.97. The Morgan fingerprint density at radius 1 is 1.09 bits per heavy atom. The average Bonchev–Trinajstić information content (AvgIpc) is 2.78. The number of para-hydroxylation sites is 1. The third kappa shape index (κ3) is 3.89. The Labute approximate surface area is 188 Å². The Hall–Kier alpha value is -3.53. The fourth-order valence-corrected chi connectivity index (χ4v) is 4.29. The molecule has 7 nitrogen and oxygen atoms in total. The van der Waals surface area contributed by atoms with Crippen LogP contribution in [0.4, 0.5) is 5.82 Å². The van der Waals surface area contributed by atoms with Crippen LogP contribution < -0.4 is 4.90 Å². The Morgan fingerprint density at radius 3 is 2.59 bits per heavy atom. The molecule has 2 atom stereocenters. The number of nitrogens with zero attached hydrogens (tertiary/aromatic N) is 6. The standard InChI is InChI=1S/C25H28N6O/c1-16-14-31(24(32)25(3,4)5)17(2)13-30(16)23-20-8-6-7-19(22(20)28-15-29-23)21-11-18(12-26)9-10-27-21/h6-11,15-17H,13-14H2,1-5H3/t16-,17+/m0/s1. The van der Waals surface area contributed by atoms with Crippen LogP contribution in [0.1, 0.15) is 40.2 Å². The maximum atomic E-state index is 12.9. The highest BCUT2D eigenvalue weighted by molar-refractivity contribution is 5.98. The van der Waals surface area contributed by atoms with Crippen molar-refractivity contribution in [2.75, 3.05) is 18.0 Å². The zero-order valence-electron chi connectivity index (χ0n) is 19.2. The van der Waals surface area contributed by atoms with Crippen LogP contribution in [0, 0.1) is 16.7 Å². The maximum absolute atomic E-state index is 12.9. The quantitative estimate of drug-likeness (QED) is 0.612. The first kappa shape index (κ1) is 21.7. The number of hydrogen-bond donors (Lipinski definition) is 0. The van der Waals surface area contributed by atoms with Crippen molar-refractivity contribution in [2.45, 2.75) is 46.7 Å². The maximum Gasteiger partial charge on any atom is 0.228 e. The first-order valence-corrected chi connectivity index (χ1v) is 10.9. The molecule has 164 valence electrons. The monoisotopic (exact) mass is 428 g/mol. The number of aromatic nitrogens is 3. The lowest BCUT2D eigenvalue weighted by molar-refractivity contribution is -0.142. The highest BCUT2D eigenvalue weighted by Gasteiger charge is 2.37. The van der Waals surface area contributed by atoms with Gasteiger partial charge in [-0.15, -0.1) is 0 Å². The molecule has 4 rings (SSSR count). The topological polar surface area (TPSA) is 86.0 Å². The van der Waals surface area contributed by atoms with Gasteiger partial charge in [-0.3, -0.25) is 9.78 Å². The van der Waals surface area contributed by atoms with Gasteiger partial charge in [0.05, 0.1) is 22.8 Å². The van der Waals surface area contributed by atoms with E-state index in [4.69, 9.17) is 0 Å². The van der Waals surface area contributed by atoms with E-state index in [2.05, 4.69) is 39.8 Å². The Bertz CT molecular complexity index is 1210. The summed E-state index contributed by atoms with van der Waals surface area (Å²) in [7, 11) is 0. The summed E-state index contributed by atoms with van der Waals surface area (Å²) in [4.78, 5) is 30.9. The summed E-state index contributed by atoms with van der Waals surface area (Å²) in [5.74, 6) is 1.03. The molecule has 2 aromatic heterocycles. The van der Waals surface area contributed by atoms with E-state index >= 15 is 0 Å². The first-order chi connectivity index (χ1) is 15.2. The number of amides is 1. The van der Waals surface area contributed by atoms with Crippen molar-refractivity contribution in [3.05, 3.63) is 48.4 Å². The van der Waals surface area contributed by atoms with Gasteiger partial charge >= 0.3 is 0 Å². The highest BCUT2D eigenvalue weighted by atomic mass is 16.2. The van der Waals surface area contributed by atoms with Crippen LogP contribution in [0.2, 0.25) is 0 Å². The van der Waals surface area contributed by atoms with Gasteiger partial charge in [0.1, 0.15) is 12.1 Å². The zero-order valence-corrected chi connectivity index (χ0v) is 19.2. The largest absolute Gasteiger partial charge is 0.349 e. The summed E-state index contributed by atoms with van der Waals surface area (Å²) < 4.78 is 0. The minimum atomic E-state index is -0.405. The first-order valence-electron chi connectivity index (χ1n) is 10.9. The summed E-state index contributed by atoms with van der Waals surface area (Å²) in [6.07, 6.45) is 3.23. The molecule has 0 N–H and O–H groups in total. The molecular weight excluding hydrogens is 400 g/mol. The van der Waals surface area contributed by atoms with E-state index in [1.54, 1.807) is 24.7 Å². The van der Waals surface area contributed by atoms with E-state index < -0.39 is 5.41 Å². The van der Waals surface area contributed by atoms with E-state index in [1.165, 1.54) is 0 Å². The molecular formula is C25H28N6O. The molecule has 1 amide bonds. The van der Waals surface area contributed by atoms with Gasteiger partial charge in [-0.05, 0) is 32.0 Å². The molecule has 0 saturated carbocycles. The predicted molar refractivity (Wildman–Crippen MR) is 125 cm³/mol. The third-order valence-corrected chi connectivity index (χ3v) is 5.97. The van der Waals surface area contributed by atoms with E-state index in [-0.39, 0.29) is 18.0 Å². The average molecular weight is 429 g/mol. The summed E-state index contributed by atoms with van der Waals surface area (Å²) in [5, 5.41) is 10.2. The number of piperazine rings is 1. The van der Waals surface area contributed by atoms with Gasteiger partial charge in [0.2, 0.25) is 5.91 Å². The summed E-state index contributed by atoms with van der Waals surface area (Å²) in [6, 6.07) is 11.8. The normalized spacial score (nSPS) is 19.1. The molecule has 7 heteroatoms. The fraction of sp³-hybridized carbons (Fsp3) is 0.400. The van der Waals surface area contributed by atoms with Crippen molar-refractivity contribution in [2.24, 2.45) is 5.41 Å². The number of hydrogen-bond acceptors (Lipinski definition) is 6. The predicted octanol–water partition coefficient (Wildman–Crippen LogP) is 4.04. The molecule has 3 aromatic rings. The second-order valence-electron chi connectivity index (χ2n) is 9.50. The van der Waals surface area contributed by atoms with Gasteiger partial charge in [-0.1, -0.05) is 32.9 Å². The lowest BCUT2D eigenvalue weighted by atomic mass is 9.92. The van der Waals surface area contributed by atoms with Crippen molar-refractivity contribution in [3.8, 4) is 17.3 Å². The Balaban J connectivity index is 1.73. The van der Waals surface area contributed by atoms with Crippen molar-refractivity contribution in [3.63, 3.8) is 0 Å². The molecule has 1 fully saturated rings. The molecule has 0 radical (unpaired) electrons. The zero-order chi connectivity index (χ0) is 23.0. The molecule has 1 aromatic carbocycles. The number of rotatable bonds is 2. The van der Waals surface area contributed by atoms with Crippen LogP contribution in [0.15, 0.2) is 42.9 Å². The molecule has 1 saturated heterocycles. The van der Waals surface area contributed by atoms with Gasteiger partial charge < -0.3 is 9.80 Å². The SMILES string of the molecule is C[C@@H]1CN(c2ncnc3c(-c4cc(C#N)ccn4)cccc23)[C@@H](C)CN1C(=O)C(C)(C)C. The van der Waals surface area contributed by atoms with E-state index in [1.807, 2.05) is 43.9 Å². The number of benzene rings is 1. The number of pyridine rings is 1. The van der Waals surface area contributed by atoms with Gasteiger partial charge in [0, 0.05) is 47.7 Å². The highest BCUT2D eigenvalue weighted by Crippen LogP contribution is 2.33. The van der Waals surface area contributed by atoms with E-state index in [9.17, 15) is 10.1 Å². The molecule has 0 spiro atoms. The minimum Gasteiger partial charge on any atom is -0.349 e.